The van der Waals surface area contributed by atoms with E-state index in [0.717, 1.165) is 12.0 Å². The average molecular weight is 284 g/mol. The molecule has 1 aliphatic carbocycles. The van der Waals surface area contributed by atoms with E-state index in [-0.39, 0.29) is 11.7 Å². The van der Waals surface area contributed by atoms with Gasteiger partial charge in [-0.25, -0.2) is 4.39 Å². The predicted molar refractivity (Wildman–Crippen MR) is 89.9 cm³/mol. The van der Waals surface area contributed by atoms with E-state index in [1.165, 1.54) is 28.9 Å². The van der Waals surface area contributed by atoms with Gasteiger partial charge in [0, 0.05) is 17.9 Å². The Hall–Kier alpha value is -1.85. The molecule has 0 fully saturated rings. The molecule has 0 nitrogen and oxygen atoms in total. The topological polar surface area (TPSA) is 0 Å². The van der Waals surface area contributed by atoms with Crippen LogP contribution in [-0.2, 0) is 0 Å². The van der Waals surface area contributed by atoms with E-state index in [1.54, 1.807) is 0 Å². The van der Waals surface area contributed by atoms with Gasteiger partial charge in [-0.05, 0) is 42.7 Å². The number of benzene rings is 1. The zero-order valence-electron chi connectivity index (χ0n) is 13.7. The van der Waals surface area contributed by atoms with Crippen LogP contribution in [-0.4, -0.2) is 0 Å². The maximum atomic E-state index is 13.0. The summed E-state index contributed by atoms with van der Waals surface area (Å²) < 4.78 is 13.0. The highest BCUT2D eigenvalue weighted by Crippen LogP contribution is 2.35. The van der Waals surface area contributed by atoms with Crippen molar-refractivity contribution in [3.63, 3.8) is 0 Å². The molecule has 0 aliphatic heterocycles. The van der Waals surface area contributed by atoms with E-state index in [4.69, 9.17) is 0 Å². The fourth-order valence-electron chi connectivity index (χ4n) is 2.32. The van der Waals surface area contributed by atoms with Crippen molar-refractivity contribution in [3.8, 4) is 0 Å². The molecule has 0 spiro atoms. The first kappa shape index (κ1) is 17.2. The van der Waals surface area contributed by atoms with Crippen molar-refractivity contribution in [2.45, 2.75) is 47.0 Å². The summed E-state index contributed by atoms with van der Waals surface area (Å²) in [4.78, 5) is 0. The molecule has 1 unspecified atom stereocenters. The second-order valence-corrected chi connectivity index (χ2v) is 4.98. The van der Waals surface area contributed by atoms with Gasteiger partial charge in [0.25, 0.3) is 0 Å². The van der Waals surface area contributed by atoms with Gasteiger partial charge in [-0.2, -0.15) is 0 Å². The first-order valence-corrected chi connectivity index (χ1v) is 7.65. The molecule has 1 aromatic rings. The number of allylic oxidation sites excluding steroid dienone is 5. The first-order chi connectivity index (χ1) is 10.1. The quantitative estimate of drug-likeness (QED) is 0.447. The van der Waals surface area contributed by atoms with Gasteiger partial charge in [0.05, 0.1) is 0 Å². The molecular weight excluding hydrogens is 259 g/mol. The lowest BCUT2D eigenvalue weighted by molar-refractivity contribution is 0.626. The summed E-state index contributed by atoms with van der Waals surface area (Å²) in [7, 11) is 0. The van der Waals surface area contributed by atoms with E-state index in [9.17, 15) is 4.39 Å². The van der Waals surface area contributed by atoms with Crippen LogP contribution < -0.4 is 0 Å². The third-order valence-corrected chi connectivity index (χ3v) is 3.46. The maximum Gasteiger partial charge on any atom is 0.123 e. The molecule has 0 saturated carbocycles. The Labute approximate surface area is 128 Å². The van der Waals surface area contributed by atoms with Crippen molar-refractivity contribution in [2.24, 2.45) is 0 Å². The van der Waals surface area contributed by atoms with E-state index < -0.39 is 0 Å². The first-order valence-electron chi connectivity index (χ1n) is 7.65. The lowest BCUT2D eigenvalue weighted by Crippen LogP contribution is -2.05. The summed E-state index contributed by atoms with van der Waals surface area (Å²) in [5, 5.41) is 0. The van der Waals surface area contributed by atoms with Crippen LogP contribution in [0.15, 0.2) is 64.9 Å². The molecule has 1 heteroatoms. The minimum atomic E-state index is -0.187. The zero-order chi connectivity index (χ0) is 15.8. The normalized spacial score (nSPS) is 15.6. The van der Waals surface area contributed by atoms with E-state index in [2.05, 4.69) is 31.7 Å². The highest BCUT2D eigenvalue weighted by molar-refractivity contribution is 5.48. The van der Waals surface area contributed by atoms with Gasteiger partial charge in [0.1, 0.15) is 5.82 Å². The zero-order valence-corrected chi connectivity index (χ0v) is 13.7. The molecule has 1 atom stereocenters. The van der Waals surface area contributed by atoms with E-state index in [0.29, 0.717) is 0 Å². The molecule has 0 heterocycles. The fraction of sp³-hybridized carbons (Fsp3) is 0.350. The number of halogens is 1. The molecule has 2 rings (SSSR count). The predicted octanol–water partition coefficient (Wildman–Crippen LogP) is 6.33. The Bertz CT molecular complexity index is 579. The molecule has 0 saturated heterocycles. The van der Waals surface area contributed by atoms with Crippen molar-refractivity contribution in [1.29, 1.82) is 0 Å². The van der Waals surface area contributed by atoms with Crippen LogP contribution >= 0.6 is 0 Å². The second-order valence-electron chi connectivity index (χ2n) is 4.98. The summed E-state index contributed by atoms with van der Waals surface area (Å²) in [6.45, 7) is 10.3. The van der Waals surface area contributed by atoms with Gasteiger partial charge in [-0.1, -0.05) is 51.1 Å². The van der Waals surface area contributed by atoms with Crippen molar-refractivity contribution < 1.29 is 4.39 Å². The molecule has 0 radical (unpaired) electrons. The van der Waals surface area contributed by atoms with Crippen LogP contribution in [0.5, 0.6) is 0 Å². The minimum absolute atomic E-state index is 0.187. The van der Waals surface area contributed by atoms with Crippen molar-refractivity contribution in [3.05, 3.63) is 76.3 Å². The number of hydrogen-bond acceptors (Lipinski definition) is 0. The van der Waals surface area contributed by atoms with Gasteiger partial charge >= 0.3 is 0 Å². The van der Waals surface area contributed by atoms with Crippen LogP contribution in [0.3, 0.4) is 0 Å². The lowest BCUT2D eigenvalue weighted by Gasteiger charge is -2.22. The van der Waals surface area contributed by atoms with Gasteiger partial charge in [0.2, 0.25) is 0 Å². The molecular formula is C20H25F. The Balaban J connectivity index is 0.00000106. The highest BCUT2D eigenvalue weighted by atomic mass is 19.1. The molecule has 0 bridgehead atoms. The average Bonchev–Trinajstić information content (AvgIpc) is 2.48. The van der Waals surface area contributed by atoms with Gasteiger partial charge in [-0.3, -0.25) is 0 Å². The second kappa shape index (κ2) is 8.44. The van der Waals surface area contributed by atoms with Gasteiger partial charge in [-0.15, -0.1) is 5.73 Å². The SMILES string of the molecule is C/C=C\C=C(\C1=C=C(C)C1)C(C)c1ccc(F)cc1.CC. The van der Waals surface area contributed by atoms with Crippen LogP contribution in [0.25, 0.3) is 0 Å². The van der Waals surface area contributed by atoms with Crippen LogP contribution in [0.4, 0.5) is 4.39 Å². The Kier molecular flexibility index (Phi) is 6.91. The third-order valence-electron chi connectivity index (χ3n) is 3.46. The smallest absolute Gasteiger partial charge is 0.123 e. The molecule has 0 amide bonds. The molecule has 1 aromatic carbocycles. The third kappa shape index (κ3) is 4.58. The fourth-order valence-corrected chi connectivity index (χ4v) is 2.32. The van der Waals surface area contributed by atoms with E-state index in [1.807, 2.05) is 39.0 Å². The van der Waals surface area contributed by atoms with Gasteiger partial charge < -0.3 is 0 Å². The molecule has 0 N–H and O–H groups in total. The highest BCUT2D eigenvalue weighted by Gasteiger charge is 2.18. The molecule has 0 aromatic heterocycles. The van der Waals surface area contributed by atoms with Crippen molar-refractivity contribution >= 4 is 0 Å². The number of rotatable bonds is 4. The largest absolute Gasteiger partial charge is 0.207 e. The van der Waals surface area contributed by atoms with Crippen molar-refractivity contribution in [1.82, 2.24) is 0 Å². The standard InChI is InChI=1S/C18H19F.C2H6/c1-4-5-6-18(16-11-13(2)12-16)14(3)15-7-9-17(19)10-8-15;1-2/h4-10,14H,11H2,1-3H3;1-2H3/b5-4-,18-6+;. The lowest BCUT2D eigenvalue weighted by atomic mass is 9.82. The molecule has 112 valence electrons. The Morgan fingerprint density at radius 3 is 2.29 bits per heavy atom. The Morgan fingerprint density at radius 2 is 1.81 bits per heavy atom. The summed E-state index contributed by atoms with van der Waals surface area (Å²) in [5.41, 5.74) is 8.35. The van der Waals surface area contributed by atoms with E-state index >= 15 is 0 Å². The summed E-state index contributed by atoms with van der Waals surface area (Å²) in [5.74, 6) is 0.0703. The molecule has 1 aliphatic rings. The summed E-state index contributed by atoms with van der Waals surface area (Å²) >= 11 is 0. The molecule has 21 heavy (non-hydrogen) atoms. The van der Waals surface area contributed by atoms with Crippen LogP contribution in [0.2, 0.25) is 0 Å². The van der Waals surface area contributed by atoms with Crippen LogP contribution in [0, 0.1) is 5.82 Å². The Morgan fingerprint density at radius 1 is 1.24 bits per heavy atom. The summed E-state index contributed by atoms with van der Waals surface area (Å²) in [6.07, 6.45) is 7.22. The van der Waals surface area contributed by atoms with Gasteiger partial charge in [0.15, 0.2) is 0 Å². The minimum Gasteiger partial charge on any atom is -0.207 e. The maximum absolute atomic E-state index is 13.0. The monoisotopic (exact) mass is 284 g/mol. The number of hydrogen-bond donors (Lipinski definition) is 0. The van der Waals surface area contributed by atoms with Crippen LogP contribution in [0.1, 0.15) is 52.5 Å². The van der Waals surface area contributed by atoms with Crippen molar-refractivity contribution in [2.75, 3.05) is 0 Å². The summed E-state index contributed by atoms with van der Waals surface area (Å²) in [6, 6.07) is 6.77.